The fourth-order valence-corrected chi connectivity index (χ4v) is 3.55. The van der Waals surface area contributed by atoms with E-state index in [9.17, 15) is 9.59 Å². The molecule has 0 bridgehead atoms. The predicted octanol–water partition coefficient (Wildman–Crippen LogP) is 2.18. The molecule has 0 atom stereocenters. The molecule has 1 N–H and O–H groups in total. The summed E-state index contributed by atoms with van der Waals surface area (Å²) < 4.78 is 1.94. The van der Waals surface area contributed by atoms with Gasteiger partial charge in [-0.25, -0.2) is 14.5 Å². The Morgan fingerprint density at radius 3 is 2.68 bits per heavy atom. The average molecular weight is 357 g/mol. The minimum absolute atomic E-state index is 0.111. The number of hydrogen-bond acceptors (Lipinski definition) is 5. The van der Waals surface area contributed by atoms with Gasteiger partial charge in [0.1, 0.15) is 5.82 Å². The monoisotopic (exact) mass is 357 g/mol. The van der Waals surface area contributed by atoms with E-state index in [-0.39, 0.29) is 18.5 Å². The Hall–Kier alpha value is -2.35. The van der Waals surface area contributed by atoms with Crippen LogP contribution in [0.25, 0.3) is 5.69 Å². The van der Waals surface area contributed by atoms with Gasteiger partial charge in [-0.1, -0.05) is 30.0 Å². The second-order valence-corrected chi connectivity index (χ2v) is 7.24. The Balaban J connectivity index is 1.38. The molecule has 2 aliphatic rings. The molecule has 1 aromatic heterocycles. The summed E-state index contributed by atoms with van der Waals surface area (Å²) in [4.78, 5) is 29.0. The molecule has 130 valence electrons. The normalized spacial score (nSPS) is 17.2. The molecule has 2 fully saturated rings. The highest BCUT2D eigenvalue weighted by molar-refractivity contribution is 7.99. The van der Waals surface area contributed by atoms with Crippen molar-refractivity contribution < 1.29 is 9.59 Å². The van der Waals surface area contributed by atoms with Crippen LogP contribution in [-0.4, -0.2) is 50.4 Å². The number of para-hydroxylation sites is 1. The Bertz CT molecular complexity index is 772. The number of nitrogens with one attached hydrogen (secondary N) is 1. The van der Waals surface area contributed by atoms with E-state index in [1.54, 1.807) is 11.8 Å². The lowest BCUT2D eigenvalue weighted by Gasteiger charge is -2.10. The summed E-state index contributed by atoms with van der Waals surface area (Å²) in [5.41, 5.74) is 1.03. The largest absolute Gasteiger partial charge is 0.329 e. The number of hydrogen-bond donors (Lipinski definition) is 1. The van der Waals surface area contributed by atoms with Crippen LogP contribution >= 0.6 is 11.8 Å². The Labute approximate surface area is 149 Å². The minimum Gasteiger partial charge on any atom is -0.329 e. The Morgan fingerprint density at radius 1 is 1.20 bits per heavy atom. The minimum atomic E-state index is -0.294. The molecule has 0 radical (unpaired) electrons. The molecule has 1 aliphatic heterocycles. The van der Waals surface area contributed by atoms with Crippen LogP contribution in [0.1, 0.15) is 31.0 Å². The number of amides is 3. The highest BCUT2D eigenvalue weighted by atomic mass is 32.2. The summed E-state index contributed by atoms with van der Waals surface area (Å²) >= 11 is 1.57. The van der Waals surface area contributed by atoms with Crippen molar-refractivity contribution in [3.63, 3.8) is 0 Å². The molecule has 2 heterocycles. The summed E-state index contributed by atoms with van der Waals surface area (Å²) in [6, 6.07) is 9.76. The van der Waals surface area contributed by atoms with Crippen LogP contribution < -0.4 is 5.32 Å². The molecule has 1 aliphatic carbocycles. The summed E-state index contributed by atoms with van der Waals surface area (Å²) in [5, 5.41) is 7.93. The van der Waals surface area contributed by atoms with Crippen LogP contribution in [0.15, 0.2) is 35.5 Å². The van der Waals surface area contributed by atoms with Gasteiger partial charge in [0.2, 0.25) is 11.1 Å². The van der Waals surface area contributed by atoms with Gasteiger partial charge >= 0.3 is 6.03 Å². The topological polar surface area (TPSA) is 80.1 Å². The van der Waals surface area contributed by atoms with E-state index < -0.39 is 0 Å². The third kappa shape index (κ3) is 3.53. The molecule has 8 heteroatoms. The quantitative estimate of drug-likeness (QED) is 0.467. The van der Waals surface area contributed by atoms with Gasteiger partial charge in [-0.3, -0.25) is 9.69 Å². The smallest absolute Gasteiger partial charge is 0.324 e. The molecule has 1 saturated carbocycles. The number of carbonyl (C=O) groups excluding carboxylic acids is 2. The van der Waals surface area contributed by atoms with Gasteiger partial charge in [-0.2, -0.15) is 0 Å². The van der Waals surface area contributed by atoms with Crippen LogP contribution in [0.2, 0.25) is 0 Å². The van der Waals surface area contributed by atoms with Crippen molar-refractivity contribution in [3.05, 3.63) is 36.2 Å². The van der Waals surface area contributed by atoms with Crippen LogP contribution in [0.3, 0.4) is 0 Å². The lowest BCUT2D eigenvalue weighted by molar-refractivity contribution is -0.124. The number of thioether (sulfide) groups is 1. The molecule has 0 spiro atoms. The first-order valence-corrected chi connectivity index (χ1v) is 9.44. The third-order valence-corrected chi connectivity index (χ3v) is 5.17. The third-order valence-electron chi connectivity index (χ3n) is 4.25. The zero-order valence-corrected chi connectivity index (χ0v) is 14.5. The van der Waals surface area contributed by atoms with Crippen molar-refractivity contribution in [3.8, 4) is 5.69 Å². The Morgan fingerprint density at radius 2 is 2.00 bits per heavy atom. The van der Waals surface area contributed by atoms with Crippen molar-refractivity contribution in [1.29, 1.82) is 0 Å². The van der Waals surface area contributed by atoms with Crippen LogP contribution in [0, 0.1) is 0 Å². The maximum Gasteiger partial charge on any atom is 0.324 e. The first-order chi connectivity index (χ1) is 12.2. The van der Waals surface area contributed by atoms with Crippen LogP contribution in [-0.2, 0) is 4.79 Å². The molecule has 1 aromatic carbocycles. The number of urea groups is 1. The van der Waals surface area contributed by atoms with Crippen molar-refractivity contribution in [2.75, 3.05) is 18.8 Å². The fourth-order valence-electron chi connectivity index (χ4n) is 2.80. The molecule has 0 unspecified atom stereocenters. The summed E-state index contributed by atoms with van der Waals surface area (Å²) in [5.74, 6) is 2.15. The average Bonchev–Trinajstić information content (AvgIpc) is 3.32. The zero-order valence-electron chi connectivity index (χ0n) is 13.7. The molecule has 7 nitrogen and oxygen atoms in total. The summed E-state index contributed by atoms with van der Waals surface area (Å²) in [6.07, 6.45) is 3.06. The zero-order chi connectivity index (χ0) is 17.2. The van der Waals surface area contributed by atoms with E-state index >= 15 is 0 Å². The van der Waals surface area contributed by atoms with E-state index in [4.69, 9.17) is 4.98 Å². The predicted molar refractivity (Wildman–Crippen MR) is 93.8 cm³/mol. The summed E-state index contributed by atoms with van der Waals surface area (Å²) in [6.45, 7) is 0.548. The van der Waals surface area contributed by atoms with Gasteiger partial charge < -0.3 is 5.32 Å². The fraction of sp³-hybridized carbons (Fsp3) is 0.412. The van der Waals surface area contributed by atoms with E-state index in [0.717, 1.165) is 28.8 Å². The van der Waals surface area contributed by atoms with E-state index in [1.165, 1.54) is 17.7 Å². The van der Waals surface area contributed by atoms with E-state index in [2.05, 4.69) is 10.4 Å². The highest BCUT2D eigenvalue weighted by Crippen LogP contribution is 2.40. The van der Waals surface area contributed by atoms with E-state index in [0.29, 0.717) is 12.5 Å². The molecule has 3 amide bonds. The van der Waals surface area contributed by atoms with Gasteiger partial charge in [0.15, 0.2) is 0 Å². The van der Waals surface area contributed by atoms with Gasteiger partial charge in [0.05, 0.1) is 12.2 Å². The van der Waals surface area contributed by atoms with Crippen molar-refractivity contribution in [2.45, 2.75) is 30.3 Å². The van der Waals surface area contributed by atoms with Gasteiger partial charge in [0.25, 0.3) is 0 Å². The lowest BCUT2D eigenvalue weighted by Crippen LogP contribution is -2.32. The number of carbonyl (C=O) groups is 2. The van der Waals surface area contributed by atoms with Gasteiger partial charge in [-0.05, 0) is 31.4 Å². The van der Waals surface area contributed by atoms with Crippen molar-refractivity contribution >= 4 is 23.7 Å². The molecule has 1 saturated heterocycles. The van der Waals surface area contributed by atoms with Crippen LogP contribution in [0.5, 0.6) is 0 Å². The SMILES string of the molecule is O=C1CNC(=O)N1CCCSc1nc(C2CC2)n(-c2ccccc2)n1. The van der Waals surface area contributed by atoms with Gasteiger partial charge in [0, 0.05) is 18.2 Å². The molecule has 2 aromatic rings. The number of imide groups is 1. The van der Waals surface area contributed by atoms with Crippen LogP contribution in [0.4, 0.5) is 4.79 Å². The number of nitrogens with zero attached hydrogens (tertiary/aromatic N) is 4. The number of benzene rings is 1. The lowest BCUT2D eigenvalue weighted by atomic mass is 10.3. The maximum absolute atomic E-state index is 11.5. The molecular formula is C17H19N5O2S. The van der Waals surface area contributed by atoms with Gasteiger partial charge in [-0.15, -0.1) is 5.10 Å². The second-order valence-electron chi connectivity index (χ2n) is 6.18. The molecule has 4 rings (SSSR count). The maximum atomic E-state index is 11.5. The van der Waals surface area contributed by atoms with E-state index in [1.807, 2.05) is 35.0 Å². The van der Waals surface area contributed by atoms with Crippen molar-refractivity contribution in [1.82, 2.24) is 25.0 Å². The summed E-state index contributed by atoms with van der Waals surface area (Å²) in [7, 11) is 0. The molecule has 25 heavy (non-hydrogen) atoms. The number of rotatable bonds is 7. The number of aromatic nitrogens is 3. The van der Waals surface area contributed by atoms with Crippen molar-refractivity contribution in [2.24, 2.45) is 0 Å². The highest BCUT2D eigenvalue weighted by Gasteiger charge is 2.30. The standard InChI is InChI=1S/C17H19N5O2S/c23-14-11-18-17(24)21(14)9-4-10-25-16-19-15(12-7-8-12)22(20-16)13-5-2-1-3-6-13/h1-3,5-6,12H,4,7-11H2,(H,18,24). The second kappa shape index (κ2) is 6.87. The first-order valence-electron chi connectivity index (χ1n) is 8.46. The molecular weight excluding hydrogens is 338 g/mol. The first kappa shape index (κ1) is 16.1. The Kier molecular flexibility index (Phi) is 4.44.